The molecule has 0 N–H and O–H groups in total. The summed E-state index contributed by atoms with van der Waals surface area (Å²) >= 11 is 15.3. The Morgan fingerprint density at radius 2 is 1.71 bits per heavy atom. The van der Waals surface area contributed by atoms with Crippen LogP contribution < -0.4 is 4.74 Å². The molecule has 0 atom stereocenters. The monoisotopic (exact) mass is 330 g/mol. The Kier molecular flexibility index (Phi) is 4.32. The van der Waals surface area contributed by atoms with Crippen molar-refractivity contribution in [3.05, 3.63) is 58.1 Å². The first-order valence-electron chi connectivity index (χ1n) is 4.97. The van der Waals surface area contributed by atoms with Crippen LogP contribution in [0.2, 0.25) is 10.0 Å². The molecular weight excluding hydrogens is 323 g/mol. The average Bonchev–Trinajstić information content (AvgIpc) is 2.34. The Hall–Kier alpha value is -0.700. The fourth-order valence-corrected chi connectivity index (χ4v) is 2.06. The number of alkyl halides is 1. The Morgan fingerprint density at radius 3 is 2.29 bits per heavy atom. The van der Waals surface area contributed by atoms with Crippen LogP contribution in [0.15, 0.2) is 42.5 Å². The molecule has 2 aromatic rings. The largest absolute Gasteiger partial charge is 0.456 e. The van der Waals surface area contributed by atoms with Crippen LogP contribution in [0, 0.1) is 0 Å². The second kappa shape index (κ2) is 5.76. The third-order valence-electron chi connectivity index (χ3n) is 2.19. The van der Waals surface area contributed by atoms with Gasteiger partial charge in [0.15, 0.2) is 0 Å². The van der Waals surface area contributed by atoms with Gasteiger partial charge in [-0.05, 0) is 42.0 Å². The number of benzene rings is 2. The highest BCUT2D eigenvalue weighted by Crippen LogP contribution is 2.31. The minimum Gasteiger partial charge on any atom is -0.456 e. The number of hydrogen-bond acceptors (Lipinski definition) is 1. The SMILES string of the molecule is Clc1ccc(Oc2ccc(CBr)cc2Cl)cc1. The Labute approximate surface area is 118 Å². The summed E-state index contributed by atoms with van der Waals surface area (Å²) in [6, 6.07) is 12.9. The van der Waals surface area contributed by atoms with Crippen LogP contribution in [0.4, 0.5) is 0 Å². The van der Waals surface area contributed by atoms with Gasteiger partial charge in [0, 0.05) is 10.4 Å². The van der Waals surface area contributed by atoms with E-state index in [2.05, 4.69) is 15.9 Å². The molecule has 0 aliphatic rings. The Bertz CT molecular complexity index is 511. The quantitative estimate of drug-likeness (QED) is 0.657. The van der Waals surface area contributed by atoms with Gasteiger partial charge in [-0.2, -0.15) is 0 Å². The highest BCUT2D eigenvalue weighted by molar-refractivity contribution is 9.08. The predicted molar refractivity (Wildman–Crippen MR) is 75.6 cm³/mol. The lowest BCUT2D eigenvalue weighted by atomic mass is 10.2. The van der Waals surface area contributed by atoms with Crippen molar-refractivity contribution in [3.63, 3.8) is 0 Å². The van der Waals surface area contributed by atoms with Crippen LogP contribution in [-0.4, -0.2) is 0 Å². The molecular formula is C13H9BrCl2O. The number of hydrogen-bond donors (Lipinski definition) is 0. The molecule has 88 valence electrons. The van der Waals surface area contributed by atoms with Gasteiger partial charge >= 0.3 is 0 Å². The molecule has 0 heterocycles. The lowest BCUT2D eigenvalue weighted by Gasteiger charge is -2.08. The molecule has 1 nitrogen and oxygen atoms in total. The van der Waals surface area contributed by atoms with E-state index >= 15 is 0 Å². The highest BCUT2D eigenvalue weighted by atomic mass is 79.9. The summed E-state index contributed by atoms with van der Waals surface area (Å²) in [6.07, 6.45) is 0. The summed E-state index contributed by atoms with van der Waals surface area (Å²) in [5.41, 5.74) is 1.11. The van der Waals surface area contributed by atoms with E-state index in [1.54, 1.807) is 24.3 Å². The van der Waals surface area contributed by atoms with Crippen LogP contribution >= 0.6 is 39.1 Å². The van der Waals surface area contributed by atoms with Crippen molar-refractivity contribution in [3.8, 4) is 11.5 Å². The molecule has 0 unspecified atom stereocenters. The maximum absolute atomic E-state index is 6.12. The van der Waals surface area contributed by atoms with Crippen LogP contribution in [0.25, 0.3) is 0 Å². The van der Waals surface area contributed by atoms with Gasteiger partial charge in [-0.15, -0.1) is 0 Å². The molecule has 0 spiro atoms. The van der Waals surface area contributed by atoms with Crippen molar-refractivity contribution >= 4 is 39.1 Å². The summed E-state index contributed by atoms with van der Waals surface area (Å²) in [5.74, 6) is 1.35. The van der Waals surface area contributed by atoms with E-state index < -0.39 is 0 Å². The third kappa shape index (κ3) is 3.38. The van der Waals surface area contributed by atoms with Gasteiger partial charge in [0.2, 0.25) is 0 Å². The molecule has 4 heteroatoms. The molecule has 0 bridgehead atoms. The van der Waals surface area contributed by atoms with Crippen molar-refractivity contribution in [1.29, 1.82) is 0 Å². The molecule has 0 aliphatic carbocycles. The summed E-state index contributed by atoms with van der Waals surface area (Å²) in [7, 11) is 0. The van der Waals surface area contributed by atoms with Crippen molar-refractivity contribution in [2.75, 3.05) is 0 Å². The predicted octanol–water partition coefficient (Wildman–Crippen LogP) is 5.68. The number of rotatable bonds is 3. The molecule has 0 saturated heterocycles. The fraction of sp³-hybridized carbons (Fsp3) is 0.0769. The molecule has 0 radical (unpaired) electrons. The second-order valence-electron chi connectivity index (χ2n) is 3.45. The zero-order chi connectivity index (χ0) is 12.3. The minimum atomic E-state index is 0.594. The van der Waals surface area contributed by atoms with E-state index in [9.17, 15) is 0 Å². The van der Waals surface area contributed by atoms with Gasteiger partial charge in [-0.25, -0.2) is 0 Å². The van der Waals surface area contributed by atoms with Gasteiger partial charge in [0.25, 0.3) is 0 Å². The molecule has 0 fully saturated rings. The van der Waals surface area contributed by atoms with Crippen LogP contribution in [0.5, 0.6) is 11.5 Å². The van der Waals surface area contributed by atoms with Gasteiger partial charge < -0.3 is 4.74 Å². The Balaban J connectivity index is 2.21. The van der Waals surface area contributed by atoms with Gasteiger partial charge in [-0.3, -0.25) is 0 Å². The van der Waals surface area contributed by atoms with E-state index in [0.29, 0.717) is 21.5 Å². The lowest BCUT2D eigenvalue weighted by Crippen LogP contribution is -1.86. The Morgan fingerprint density at radius 1 is 1.00 bits per heavy atom. The smallest absolute Gasteiger partial charge is 0.146 e. The fourth-order valence-electron chi connectivity index (χ4n) is 1.34. The first-order valence-corrected chi connectivity index (χ1v) is 6.84. The zero-order valence-corrected chi connectivity index (χ0v) is 11.9. The first-order chi connectivity index (χ1) is 8.19. The topological polar surface area (TPSA) is 9.23 Å². The molecule has 2 aromatic carbocycles. The van der Waals surface area contributed by atoms with E-state index in [4.69, 9.17) is 27.9 Å². The summed E-state index contributed by atoms with van der Waals surface area (Å²) in [5, 5.41) is 2.04. The summed E-state index contributed by atoms with van der Waals surface area (Å²) in [4.78, 5) is 0. The highest BCUT2D eigenvalue weighted by Gasteiger charge is 2.04. The molecule has 0 aromatic heterocycles. The van der Waals surface area contributed by atoms with Crippen LogP contribution in [-0.2, 0) is 5.33 Å². The number of halogens is 3. The molecule has 2 rings (SSSR count). The summed E-state index contributed by atoms with van der Waals surface area (Å²) in [6.45, 7) is 0. The third-order valence-corrected chi connectivity index (χ3v) is 3.39. The van der Waals surface area contributed by atoms with E-state index in [0.717, 1.165) is 10.9 Å². The van der Waals surface area contributed by atoms with E-state index in [1.165, 1.54) is 0 Å². The lowest BCUT2D eigenvalue weighted by molar-refractivity contribution is 0.483. The zero-order valence-electron chi connectivity index (χ0n) is 8.79. The number of ether oxygens (including phenoxy) is 1. The summed E-state index contributed by atoms with van der Waals surface area (Å²) < 4.78 is 5.66. The van der Waals surface area contributed by atoms with Crippen molar-refractivity contribution in [1.82, 2.24) is 0 Å². The van der Waals surface area contributed by atoms with Crippen LogP contribution in [0.3, 0.4) is 0 Å². The minimum absolute atomic E-state index is 0.594. The van der Waals surface area contributed by atoms with E-state index in [1.807, 2.05) is 18.2 Å². The van der Waals surface area contributed by atoms with Crippen molar-refractivity contribution in [2.24, 2.45) is 0 Å². The molecule has 0 aliphatic heterocycles. The van der Waals surface area contributed by atoms with Crippen molar-refractivity contribution in [2.45, 2.75) is 5.33 Å². The van der Waals surface area contributed by atoms with Gasteiger partial charge in [0.05, 0.1) is 5.02 Å². The second-order valence-corrected chi connectivity index (χ2v) is 4.86. The standard InChI is InChI=1S/C13H9BrCl2O/c14-8-9-1-6-13(12(16)7-9)17-11-4-2-10(15)3-5-11/h1-7H,8H2. The molecule has 0 amide bonds. The normalized spacial score (nSPS) is 10.3. The average molecular weight is 332 g/mol. The van der Waals surface area contributed by atoms with Crippen molar-refractivity contribution < 1.29 is 4.74 Å². The first kappa shape index (κ1) is 12.7. The van der Waals surface area contributed by atoms with Gasteiger partial charge in [-0.1, -0.05) is 45.2 Å². The maximum atomic E-state index is 6.12. The van der Waals surface area contributed by atoms with Crippen LogP contribution in [0.1, 0.15) is 5.56 Å². The molecule has 0 saturated carbocycles. The molecule has 17 heavy (non-hydrogen) atoms. The van der Waals surface area contributed by atoms with E-state index in [-0.39, 0.29) is 0 Å². The van der Waals surface area contributed by atoms with Gasteiger partial charge in [0.1, 0.15) is 11.5 Å². The maximum Gasteiger partial charge on any atom is 0.146 e.